The van der Waals surface area contributed by atoms with Crippen LogP contribution in [-0.2, 0) is 14.3 Å². The van der Waals surface area contributed by atoms with Gasteiger partial charge in [0.1, 0.15) is 6.54 Å². The number of carbonyl (C=O) groups is 2. The minimum atomic E-state index is -0.952. The monoisotopic (exact) mass is 326 g/mol. The lowest BCUT2D eigenvalue weighted by Crippen LogP contribution is -2.43. The molecule has 0 heterocycles. The van der Waals surface area contributed by atoms with E-state index in [4.69, 9.17) is 9.84 Å². The molecule has 0 aromatic carbocycles. The zero-order chi connectivity index (χ0) is 17.7. The normalized spacial score (nSPS) is 13.6. The third-order valence-electron chi connectivity index (χ3n) is 3.05. The first-order valence-electron chi connectivity index (χ1n) is 8.26. The van der Waals surface area contributed by atoms with Gasteiger partial charge in [-0.05, 0) is 25.7 Å². The molecule has 5 heteroatoms. The Morgan fingerprint density at radius 1 is 1.09 bits per heavy atom. The van der Waals surface area contributed by atoms with Crippen molar-refractivity contribution in [1.82, 2.24) is 0 Å². The SMILES string of the molecule is CC/C=C/CCC/C=C/CC(=O)OC(CC(=O)O)C[N+](C)(C)C. The number of rotatable bonds is 12. The molecule has 0 bridgehead atoms. The zero-order valence-corrected chi connectivity index (χ0v) is 15.0. The lowest BCUT2D eigenvalue weighted by molar-refractivity contribution is -0.873. The van der Waals surface area contributed by atoms with Crippen LogP contribution in [0.25, 0.3) is 0 Å². The second kappa shape index (κ2) is 11.9. The van der Waals surface area contributed by atoms with Crippen molar-refractivity contribution in [1.29, 1.82) is 0 Å². The van der Waals surface area contributed by atoms with Crippen molar-refractivity contribution < 1.29 is 23.9 Å². The number of aliphatic carboxylic acids is 1. The Balaban J connectivity index is 4.11. The van der Waals surface area contributed by atoms with E-state index in [9.17, 15) is 9.59 Å². The molecule has 0 aromatic rings. The Labute approximate surface area is 140 Å². The molecule has 1 N–H and O–H groups in total. The van der Waals surface area contributed by atoms with E-state index in [1.54, 1.807) is 6.08 Å². The van der Waals surface area contributed by atoms with Crippen LogP contribution < -0.4 is 0 Å². The van der Waals surface area contributed by atoms with Crippen molar-refractivity contribution in [3.05, 3.63) is 24.3 Å². The molecule has 23 heavy (non-hydrogen) atoms. The van der Waals surface area contributed by atoms with Gasteiger partial charge in [0.05, 0.1) is 34.0 Å². The lowest BCUT2D eigenvalue weighted by Gasteiger charge is -2.28. The molecule has 0 spiro atoms. The van der Waals surface area contributed by atoms with Crippen molar-refractivity contribution >= 4 is 11.9 Å². The first kappa shape index (κ1) is 21.4. The fraction of sp³-hybridized carbons (Fsp3) is 0.667. The van der Waals surface area contributed by atoms with Gasteiger partial charge in [0.2, 0.25) is 0 Å². The van der Waals surface area contributed by atoms with Crippen LogP contribution >= 0.6 is 0 Å². The molecule has 0 aliphatic heterocycles. The van der Waals surface area contributed by atoms with Gasteiger partial charge in [0.25, 0.3) is 0 Å². The Kier molecular flexibility index (Phi) is 11.0. The van der Waals surface area contributed by atoms with E-state index < -0.39 is 12.1 Å². The number of unbranched alkanes of at least 4 members (excludes halogenated alkanes) is 2. The summed E-state index contributed by atoms with van der Waals surface area (Å²) in [5, 5.41) is 8.91. The van der Waals surface area contributed by atoms with Crippen LogP contribution in [0.1, 0.15) is 45.4 Å². The topological polar surface area (TPSA) is 63.6 Å². The highest BCUT2D eigenvalue weighted by atomic mass is 16.5. The molecule has 1 atom stereocenters. The van der Waals surface area contributed by atoms with E-state index in [1.165, 1.54) is 0 Å². The molecule has 0 saturated heterocycles. The molecule has 0 fully saturated rings. The van der Waals surface area contributed by atoms with Crippen LogP contribution in [0.5, 0.6) is 0 Å². The maximum absolute atomic E-state index is 11.8. The maximum Gasteiger partial charge on any atom is 0.310 e. The molecule has 1 unspecified atom stereocenters. The standard InChI is InChI=1S/C18H31NO4/c1-5-6-7-8-9-10-11-12-13-18(22)23-16(14-17(20)21)15-19(2,3)4/h6-7,11-12,16H,5,8-10,13-15H2,1-4H3/p+1/b7-6+,12-11+. The molecular weight excluding hydrogens is 294 g/mol. The summed E-state index contributed by atoms with van der Waals surface area (Å²) in [6, 6.07) is 0. The summed E-state index contributed by atoms with van der Waals surface area (Å²) in [4.78, 5) is 22.7. The second-order valence-electron chi connectivity index (χ2n) is 6.67. The third kappa shape index (κ3) is 15.1. The van der Waals surface area contributed by atoms with Crippen LogP contribution in [-0.4, -0.2) is 55.3 Å². The van der Waals surface area contributed by atoms with E-state index in [2.05, 4.69) is 19.1 Å². The van der Waals surface area contributed by atoms with E-state index in [-0.39, 0.29) is 18.8 Å². The van der Waals surface area contributed by atoms with Gasteiger partial charge in [-0.3, -0.25) is 9.59 Å². The number of hydrogen-bond donors (Lipinski definition) is 1. The van der Waals surface area contributed by atoms with Gasteiger partial charge in [-0.1, -0.05) is 31.2 Å². The maximum atomic E-state index is 11.8. The van der Waals surface area contributed by atoms with Gasteiger partial charge in [-0.25, -0.2) is 0 Å². The van der Waals surface area contributed by atoms with Crippen LogP contribution in [0.2, 0.25) is 0 Å². The smallest absolute Gasteiger partial charge is 0.310 e. The van der Waals surface area contributed by atoms with Gasteiger partial charge in [-0.2, -0.15) is 0 Å². The number of carboxylic acid groups (broad SMARTS) is 1. The number of likely N-dealkylation sites (N-methyl/N-ethyl adjacent to an activating group) is 1. The van der Waals surface area contributed by atoms with E-state index >= 15 is 0 Å². The molecule has 0 radical (unpaired) electrons. The van der Waals surface area contributed by atoms with Gasteiger partial charge >= 0.3 is 11.9 Å². The number of allylic oxidation sites excluding steroid dienone is 3. The summed E-state index contributed by atoms with van der Waals surface area (Å²) in [6.45, 7) is 2.59. The lowest BCUT2D eigenvalue weighted by atomic mass is 10.2. The van der Waals surface area contributed by atoms with Crippen molar-refractivity contribution in [2.45, 2.75) is 51.6 Å². The van der Waals surface area contributed by atoms with E-state index in [0.29, 0.717) is 11.0 Å². The average Bonchev–Trinajstić information content (AvgIpc) is 2.39. The molecule has 0 aliphatic carbocycles. The Hall–Kier alpha value is -1.62. The minimum absolute atomic E-state index is 0.158. The second-order valence-corrected chi connectivity index (χ2v) is 6.67. The summed E-state index contributed by atoms with van der Waals surface area (Å²) < 4.78 is 5.85. The van der Waals surface area contributed by atoms with Crippen molar-refractivity contribution in [3.63, 3.8) is 0 Å². The molecule has 132 valence electrons. The molecule has 0 rings (SSSR count). The van der Waals surface area contributed by atoms with Crippen molar-refractivity contribution in [2.75, 3.05) is 27.7 Å². The predicted molar refractivity (Wildman–Crippen MR) is 92.1 cm³/mol. The van der Waals surface area contributed by atoms with Gasteiger partial charge < -0.3 is 14.3 Å². The number of esters is 1. The summed E-state index contributed by atoms with van der Waals surface area (Å²) in [5.41, 5.74) is 0. The first-order valence-corrected chi connectivity index (χ1v) is 8.26. The third-order valence-corrected chi connectivity index (χ3v) is 3.05. The van der Waals surface area contributed by atoms with Gasteiger partial charge in [-0.15, -0.1) is 0 Å². The highest BCUT2D eigenvalue weighted by molar-refractivity contribution is 5.72. The fourth-order valence-electron chi connectivity index (χ4n) is 2.12. The number of nitrogens with zero attached hydrogens (tertiary/aromatic N) is 1. The largest absolute Gasteiger partial charge is 0.481 e. The van der Waals surface area contributed by atoms with Crippen molar-refractivity contribution in [2.24, 2.45) is 0 Å². The number of hydrogen-bond acceptors (Lipinski definition) is 3. The summed E-state index contributed by atoms with van der Waals surface area (Å²) in [6.07, 6.45) is 11.6. The van der Waals surface area contributed by atoms with E-state index in [0.717, 1.165) is 25.7 Å². The molecule has 0 aliphatic rings. The van der Waals surface area contributed by atoms with Crippen LogP contribution in [0.4, 0.5) is 0 Å². The number of quaternary nitrogens is 1. The Morgan fingerprint density at radius 2 is 1.70 bits per heavy atom. The molecule has 0 aromatic heterocycles. The summed E-state index contributed by atoms with van der Waals surface area (Å²) in [7, 11) is 5.82. The molecule has 5 nitrogen and oxygen atoms in total. The predicted octanol–water partition coefficient (Wildman–Crippen LogP) is 3.16. The average molecular weight is 326 g/mol. The van der Waals surface area contributed by atoms with Gasteiger partial charge in [0.15, 0.2) is 6.10 Å². The summed E-state index contributed by atoms with van der Waals surface area (Å²) >= 11 is 0. The fourth-order valence-corrected chi connectivity index (χ4v) is 2.12. The van der Waals surface area contributed by atoms with Crippen LogP contribution in [0.15, 0.2) is 24.3 Å². The first-order chi connectivity index (χ1) is 10.7. The van der Waals surface area contributed by atoms with Crippen molar-refractivity contribution in [3.8, 4) is 0 Å². The van der Waals surface area contributed by atoms with Gasteiger partial charge in [0, 0.05) is 0 Å². The van der Waals surface area contributed by atoms with Crippen LogP contribution in [0.3, 0.4) is 0 Å². The Bertz CT molecular complexity index is 408. The molecule has 0 saturated carbocycles. The van der Waals surface area contributed by atoms with Crippen LogP contribution in [0, 0.1) is 0 Å². The quantitative estimate of drug-likeness (QED) is 0.259. The molecular formula is C18H32NO4+. The number of ether oxygens (including phenoxy) is 1. The minimum Gasteiger partial charge on any atom is -0.481 e. The highest BCUT2D eigenvalue weighted by Gasteiger charge is 2.24. The Morgan fingerprint density at radius 3 is 2.22 bits per heavy atom. The van der Waals surface area contributed by atoms with E-state index in [1.807, 2.05) is 27.2 Å². The number of carboxylic acids is 1. The zero-order valence-electron chi connectivity index (χ0n) is 15.0. The number of carbonyl (C=O) groups excluding carboxylic acids is 1. The summed E-state index contributed by atoms with van der Waals surface area (Å²) in [5.74, 6) is -1.32. The molecule has 0 amide bonds. The highest BCUT2D eigenvalue weighted by Crippen LogP contribution is 2.07.